The smallest absolute Gasteiger partial charge is 0.337 e. The van der Waals surface area contributed by atoms with Gasteiger partial charge in [0, 0.05) is 16.9 Å². The Balaban J connectivity index is 1.55. The molecule has 1 aliphatic rings. The molecule has 3 amide bonds. The number of hydrogen-bond acceptors (Lipinski definition) is 6. The van der Waals surface area contributed by atoms with Crippen LogP contribution in [-0.2, 0) is 14.3 Å². The highest BCUT2D eigenvalue weighted by atomic mass is 35.5. The molecule has 0 fully saturated rings. The molecule has 0 atom stereocenters. The quantitative estimate of drug-likeness (QED) is 0.370. The normalized spacial score (nSPS) is 13.2. The maximum atomic E-state index is 13.1. The average molecular weight is 504 g/mol. The number of halogens is 1. The van der Waals surface area contributed by atoms with Gasteiger partial charge in [0.1, 0.15) is 10.7 Å². The number of aryl methyl sites for hydroxylation is 2. The molecule has 182 valence electrons. The third kappa shape index (κ3) is 4.85. The Morgan fingerprint density at radius 1 is 0.889 bits per heavy atom. The molecule has 2 N–H and O–H groups in total. The van der Waals surface area contributed by atoms with E-state index < -0.39 is 17.8 Å². The third-order valence-electron chi connectivity index (χ3n) is 5.58. The van der Waals surface area contributed by atoms with Crippen LogP contribution in [0.3, 0.4) is 0 Å². The van der Waals surface area contributed by atoms with Gasteiger partial charge in [-0.2, -0.15) is 0 Å². The molecule has 0 unspecified atom stereocenters. The Hall–Kier alpha value is -4.43. The lowest BCUT2D eigenvalue weighted by atomic mass is 10.1. The molecule has 8 nitrogen and oxygen atoms in total. The van der Waals surface area contributed by atoms with Crippen LogP contribution in [0.4, 0.5) is 17.1 Å². The molecule has 0 saturated carbocycles. The summed E-state index contributed by atoms with van der Waals surface area (Å²) in [6.45, 7) is 3.88. The van der Waals surface area contributed by atoms with E-state index in [1.807, 2.05) is 32.0 Å². The van der Waals surface area contributed by atoms with Crippen LogP contribution in [-0.4, -0.2) is 30.8 Å². The summed E-state index contributed by atoms with van der Waals surface area (Å²) in [7, 11) is 1.23. The Labute approximate surface area is 212 Å². The Morgan fingerprint density at radius 2 is 1.61 bits per heavy atom. The van der Waals surface area contributed by atoms with E-state index in [4.69, 9.17) is 16.3 Å². The summed E-state index contributed by atoms with van der Waals surface area (Å²) in [5.74, 6) is -2.38. The minimum absolute atomic E-state index is 0.142. The van der Waals surface area contributed by atoms with Crippen LogP contribution >= 0.6 is 11.6 Å². The van der Waals surface area contributed by atoms with Crippen molar-refractivity contribution in [3.05, 3.63) is 99.7 Å². The van der Waals surface area contributed by atoms with Gasteiger partial charge in [0.2, 0.25) is 0 Å². The van der Waals surface area contributed by atoms with E-state index in [1.54, 1.807) is 24.3 Å². The minimum atomic E-state index is -0.741. The number of rotatable bonds is 6. The van der Waals surface area contributed by atoms with Gasteiger partial charge in [-0.3, -0.25) is 14.4 Å². The second-order valence-electron chi connectivity index (χ2n) is 8.15. The third-order valence-corrected chi connectivity index (χ3v) is 5.93. The van der Waals surface area contributed by atoms with Gasteiger partial charge in [-0.25, -0.2) is 9.69 Å². The SMILES string of the molecule is COC(=O)c1cccc(N2C(=O)C(Cl)=C(Nc3cccc(C(=O)Nc4ccc(C)cc4C)c3)C2=O)c1. The van der Waals surface area contributed by atoms with Crippen LogP contribution in [0.2, 0.25) is 0 Å². The summed E-state index contributed by atoms with van der Waals surface area (Å²) in [5, 5.41) is 5.42. The highest BCUT2D eigenvalue weighted by molar-refractivity contribution is 6.53. The number of esters is 1. The van der Waals surface area contributed by atoms with Crippen LogP contribution in [0.1, 0.15) is 31.8 Å². The number of nitrogens with zero attached hydrogens (tertiary/aromatic N) is 1. The molecular weight excluding hydrogens is 482 g/mol. The number of imide groups is 1. The Morgan fingerprint density at radius 3 is 2.33 bits per heavy atom. The van der Waals surface area contributed by atoms with Crippen molar-refractivity contribution in [2.45, 2.75) is 13.8 Å². The molecule has 4 rings (SSSR count). The zero-order valence-corrected chi connectivity index (χ0v) is 20.5. The van der Waals surface area contributed by atoms with Gasteiger partial charge in [-0.05, 0) is 61.9 Å². The van der Waals surface area contributed by atoms with Crippen LogP contribution in [0.5, 0.6) is 0 Å². The minimum Gasteiger partial charge on any atom is -0.465 e. The highest BCUT2D eigenvalue weighted by Crippen LogP contribution is 2.31. The maximum Gasteiger partial charge on any atom is 0.337 e. The van der Waals surface area contributed by atoms with Crippen molar-refractivity contribution in [3.8, 4) is 0 Å². The number of ether oxygens (including phenoxy) is 1. The summed E-state index contributed by atoms with van der Waals surface area (Å²) in [4.78, 5) is 51.5. The monoisotopic (exact) mass is 503 g/mol. The first kappa shape index (κ1) is 24.7. The van der Waals surface area contributed by atoms with E-state index >= 15 is 0 Å². The molecule has 0 aliphatic carbocycles. The number of nitrogens with one attached hydrogen (secondary N) is 2. The van der Waals surface area contributed by atoms with Gasteiger partial charge >= 0.3 is 5.97 Å². The summed E-state index contributed by atoms with van der Waals surface area (Å²) in [6.07, 6.45) is 0. The molecule has 0 spiro atoms. The van der Waals surface area contributed by atoms with Gasteiger partial charge in [0.25, 0.3) is 17.7 Å². The van der Waals surface area contributed by atoms with E-state index in [2.05, 4.69) is 10.6 Å². The van der Waals surface area contributed by atoms with Crippen molar-refractivity contribution < 1.29 is 23.9 Å². The summed E-state index contributed by atoms with van der Waals surface area (Å²) in [5.41, 5.74) is 3.65. The van der Waals surface area contributed by atoms with Crippen LogP contribution < -0.4 is 15.5 Å². The number of carbonyl (C=O) groups excluding carboxylic acids is 4. The summed E-state index contributed by atoms with van der Waals surface area (Å²) >= 11 is 6.22. The Bertz CT molecular complexity index is 1450. The lowest BCUT2D eigenvalue weighted by Crippen LogP contribution is -2.32. The number of hydrogen-bond donors (Lipinski definition) is 2. The molecular formula is C27H22ClN3O5. The molecule has 3 aromatic rings. The first-order valence-electron chi connectivity index (χ1n) is 10.9. The molecule has 1 aliphatic heterocycles. The van der Waals surface area contributed by atoms with Crippen molar-refractivity contribution in [2.24, 2.45) is 0 Å². The predicted molar refractivity (Wildman–Crippen MR) is 137 cm³/mol. The average Bonchev–Trinajstić information content (AvgIpc) is 3.08. The Kier molecular flexibility index (Phi) is 6.89. The molecule has 36 heavy (non-hydrogen) atoms. The van der Waals surface area contributed by atoms with Crippen molar-refractivity contribution in [1.82, 2.24) is 0 Å². The second kappa shape index (κ2) is 10.1. The fourth-order valence-corrected chi connectivity index (χ4v) is 3.98. The fourth-order valence-electron chi connectivity index (χ4n) is 3.77. The maximum absolute atomic E-state index is 13.1. The first-order chi connectivity index (χ1) is 17.2. The van der Waals surface area contributed by atoms with Crippen molar-refractivity contribution in [1.29, 1.82) is 0 Å². The second-order valence-corrected chi connectivity index (χ2v) is 8.53. The van der Waals surface area contributed by atoms with Crippen molar-refractivity contribution in [3.63, 3.8) is 0 Å². The van der Waals surface area contributed by atoms with E-state index in [-0.39, 0.29) is 27.9 Å². The molecule has 0 bridgehead atoms. The van der Waals surface area contributed by atoms with E-state index in [1.165, 1.54) is 31.4 Å². The first-order valence-corrected chi connectivity index (χ1v) is 11.3. The van der Waals surface area contributed by atoms with Crippen LogP contribution in [0.25, 0.3) is 0 Å². The number of benzene rings is 3. The lowest BCUT2D eigenvalue weighted by Gasteiger charge is -2.16. The van der Waals surface area contributed by atoms with Gasteiger partial charge in [-0.15, -0.1) is 0 Å². The number of carbonyl (C=O) groups is 4. The number of anilines is 3. The molecule has 0 radical (unpaired) electrons. The molecule has 9 heteroatoms. The van der Waals surface area contributed by atoms with Gasteiger partial charge < -0.3 is 15.4 Å². The van der Waals surface area contributed by atoms with E-state index in [0.717, 1.165) is 16.0 Å². The zero-order chi connectivity index (χ0) is 26.0. The molecule has 0 saturated heterocycles. The van der Waals surface area contributed by atoms with Crippen LogP contribution in [0, 0.1) is 13.8 Å². The van der Waals surface area contributed by atoms with Gasteiger partial charge in [-0.1, -0.05) is 41.4 Å². The molecule has 3 aromatic carbocycles. The number of amides is 3. The van der Waals surface area contributed by atoms with Crippen LogP contribution in [0.15, 0.2) is 77.5 Å². The van der Waals surface area contributed by atoms with Crippen molar-refractivity contribution >= 4 is 52.4 Å². The van der Waals surface area contributed by atoms with Gasteiger partial charge in [0.05, 0.1) is 18.4 Å². The lowest BCUT2D eigenvalue weighted by molar-refractivity contribution is -0.120. The predicted octanol–water partition coefficient (Wildman–Crippen LogP) is 4.78. The van der Waals surface area contributed by atoms with E-state index in [0.29, 0.717) is 16.9 Å². The topological polar surface area (TPSA) is 105 Å². The molecule has 1 heterocycles. The largest absolute Gasteiger partial charge is 0.465 e. The fraction of sp³-hybridized carbons (Fsp3) is 0.111. The van der Waals surface area contributed by atoms with E-state index in [9.17, 15) is 19.2 Å². The molecule has 0 aromatic heterocycles. The standard InChI is InChI=1S/C27H22ClN3O5/c1-15-10-11-21(16(2)12-15)30-24(32)17-6-4-8-19(13-17)29-23-22(28)25(33)31(26(23)34)20-9-5-7-18(14-20)27(35)36-3/h4-14,29H,1-3H3,(H,30,32). The van der Waals surface area contributed by atoms with Gasteiger partial charge in [0.15, 0.2) is 0 Å². The summed E-state index contributed by atoms with van der Waals surface area (Å²) in [6, 6.07) is 18.1. The zero-order valence-electron chi connectivity index (χ0n) is 19.7. The number of methoxy groups -OCH3 is 1. The van der Waals surface area contributed by atoms with Crippen molar-refractivity contribution in [2.75, 3.05) is 22.6 Å². The summed E-state index contributed by atoms with van der Waals surface area (Å²) < 4.78 is 4.70. The highest BCUT2D eigenvalue weighted by Gasteiger charge is 2.39.